The largest absolute Gasteiger partial charge is 0.479 e. The zero-order chi connectivity index (χ0) is 17.8. The first kappa shape index (κ1) is 19.9. The van der Waals surface area contributed by atoms with E-state index < -0.39 is 35.9 Å². The first-order valence-electron chi connectivity index (χ1n) is 8.11. The van der Waals surface area contributed by atoms with Crippen LogP contribution in [0.25, 0.3) is 0 Å². The Bertz CT molecular complexity index is 434. The van der Waals surface area contributed by atoms with Crippen LogP contribution >= 0.6 is 0 Å². The molecule has 1 rings (SSSR count). The number of rotatable bonds is 7. The minimum atomic E-state index is -1.37. The van der Waals surface area contributed by atoms with Gasteiger partial charge in [0.2, 0.25) is 5.91 Å². The van der Waals surface area contributed by atoms with Crippen LogP contribution < -0.4 is 5.32 Å². The Morgan fingerprint density at radius 3 is 2.48 bits per heavy atom. The summed E-state index contributed by atoms with van der Waals surface area (Å²) in [6, 6.07) is -0.507. The van der Waals surface area contributed by atoms with E-state index >= 15 is 0 Å². The molecule has 0 bridgehead atoms. The van der Waals surface area contributed by atoms with Crippen LogP contribution in [0.1, 0.15) is 47.0 Å². The monoisotopic (exact) mass is 329 g/mol. The molecule has 0 aromatic carbocycles. The molecule has 1 saturated heterocycles. The lowest BCUT2D eigenvalue weighted by Crippen LogP contribution is -2.65. The summed E-state index contributed by atoms with van der Waals surface area (Å²) < 4.78 is 11.4. The van der Waals surface area contributed by atoms with Gasteiger partial charge in [-0.3, -0.25) is 4.79 Å². The summed E-state index contributed by atoms with van der Waals surface area (Å²) >= 11 is 0. The minimum Gasteiger partial charge on any atom is -0.479 e. The molecule has 7 nitrogen and oxygen atoms in total. The molecule has 0 saturated carbocycles. The molecule has 23 heavy (non-hydrogen) atoms. The smallest absolute Gasteiger partial charge is 0.336 e. The quantitative estimate of drug-likeness (QED) is 0.561. The van der Waals surface area contributed by atoms with Crippen molar-refractivity contribution in [3.05, 3.63) is 0 Å². The van der Waals surface area contributed by atoms with Gasteiger partial charge in [0.15, 0.2) is 5.60 Å². The second-order valence-corrected chi connectivity index (χ2v) is 6.27. The second-order valence-electron chi connectivity index (χ2n) is 6.27. The molecule has 1 amide bonds. The predicted molar refractivity (Wildman–Crippen MR) is 86.6 cm³/mol. The molecule has 1 fully saturated rings. The summed E-state index contributed by atoms with van der Waals surface area (Å²) in [5, 5.41) is 22.6. The molecule has 0 spiro atoms. The van der Waals surface area contributed by atoms with E-state index in [1.165, 1.54) is 15.0 Å². The minimum absolute atomic E-state index is 0.145. The number of ether oxygens (including phenoxy) is 1. The number of aliphatic hydroxyl groups is 1. The van der Waals surface area contributed by atoms with Crippen molar-refractivity contribution < 1.29 is 29.2 Å². The molecule has 0 aromatic rings. The Kier molecular flexibility index (Phi) is 7.04. The fraction of sp³-hybridized carbons (Fsp3) is 0.867. The van der Waals surface area contributed by atoms with Crippen LogP contribution in [0.15, 0.2) is 0 Å². The molecule has 132 valence electrons. The number of aliphatic carboxylic acids is 1. The number of carboxylic acid groups (broad SMARTS) is 1. The number of carbonyl (C=O) groups is 2. The maximum Gasteiger partial charge on any atom is 0.336 e. The average molecular weight is 329 g/mol. The Morgan fingerprint density at radius 2 is 2.09 bits per heavy atom. The third-order valence-corrected chi connectivity index (χ3v) is 4.82. The van der Waals surface area contributed by atoms with Gasteiger partial charge in [-0.2, -0.15) is 0 Å². The fourth-order valence-electron chi connectivity index (χ4n) is 3.23. The van der Waals surface area contributed by atoms with Crippen molar-refractivity contribution in [1.29, 1.82) is 0 Å². The van der Waals surface area contributed by atoms with Gasteiger partial charge in [-0.1, -0.05) is 20.8 Å². The van der Waals surface area contributed by atoms with Gasteiger partial charge in [-0.25, -0.2) is 4.79 Å². The number of amides is 1. The molecule has 1 aliphatic heterocycles. The van der Waals surface area contributed by atoms with Gasteiger partial charge < -0.3 is 24.9 Å². The number of aliphatic hydroxyl groups excluding tert-OH is 1. The highest BCUT2D eigenvalue weighted by atomic mass is 16.5. The molecule has 1 heterocycles. The van der Waals surface area contributed by atoms with Crippen molar-refractivity contribution in [2.24, 2.45) is 5.92 Å². The standard InChI is InChI=1S/C15H28BNO6/c1-5-10(19)8(3)13-12(17-9(4)18)11(23-16)7-15(6-2,22-13)14(20)21/h8,10-13,19H,5-7,16H2,1-4H3,(H,17,18)(H,20,21). The van der Waals surface area contributed by atoms with E-state index in [-0.39, 0.29) is 24.7 Å². The predicted octanol–water partition coefficient (Wildman–Crippen LogP) is -0.146. The third-order valence-electron chi connectivity index (χ3n) is 4.82. The van der Waals surface area contributed by atoms with E-state index in [9.17, 15) is 19.8 Å². The van der Waals surface area contributed by atoms with E-state index in [1.54, 1.807) is 13.8 Å². The van der Waals surface area contributed by atoms with Gasteiger partial charge in [0.1, 0.15) is 0 Å². The molecule has 6 unspecified atom stereocenters. The van der Waals surface area contributed by atoms with Crippen molar-refractivity contribution in [2.75, 3.05) is 0 Å². The Labute approximate surface area is 138 Å². The van der Waals surface area contributed by atoms with E-state index in [4.69, 9.17) is 9.39 Å². The lowest BCUT2D eigenvalue weighted by molar-refractivity contribution is -0.215. The number of carboxylic acids is 1. The SMILES string of the molecule is BOC1CC(CC)(C(=O)O)OC(C(C)C(O)CC)C1NC(C)=O. The highest BCUT2D eigenvalue weighted by molar-refractivity contribution is 5.98. The van der Waals surface area contributed by atoms with E-state index in [2.05, 4.69) is 5.32 Å². The molecule has 0 radical (unpaired) electrons. The normalized spacial score (nSPS) is 33.7. The van der Waals surface area contributed by atoms with Gasteiger partial charge in [-0.05, 0) is 12.8 Å². The second kappa shape index (κ2) is 8.12. The molecular formula is C15H28BNO6. The molecule has 1 aliphatic rings. The maximum absolute atomic E-state index is 11.8. The number of hydrogen-bond donors (Lipinski definition) is 3. The van der Waals surface area contributed by atoms with Gasteiger partial charge >= 0.3 is 5.97 Å². The van der Waals surface area contributed by atoms with Crippen LogP contribution in [0.3, 0.4) is 0 Å². The van der Waals surface area contributed by atoms with Gasteiger partial charge in [-0.15, -0.1) is 0 Å². The Balaban J connectivity index is 3.22. The van der Waals surface area contributed by atoms with Crippen LogP contribution in [-0.4, -0.2) is 60.1 Å². The maximum atomic E-state index is 11.8. The fourth-order valence-corrected chi connectivity index (χ4v) is 3.23. The Hall–Kier alpha value is -1.12. The number of nitrogens with one attached hydrogen (secondary N) is 1. The lowest BCUT2D eigenvalue weighted by atomic mass is 9.79. The summed E-state index contributed by atoms with van der Waals surface area (Å²) in [5.74, 6) is -1.64. The first-order valence-corrected chi connectivity index (χ1v) is 8.11. The summed E-state index contributed by atoms with van der Waals surface area (Å²) in [6.07, 6.45) is -0.872. The Morgan fingerprint density at radius 1 is 1.48 bits per heavy atom. The first-order chi connectivity index (χ1) is 10.7. The van der Waals surface area contributed by atoms with E-state index in [1.807, 2.05) is 6.92 Å². The van der Waals surface area contributed by atoms with Crippen molar-refractivity contribution >= 4 is 19.9 Å². The molecular weight excluding hydrogens is 301 g/mol. The topological polar surface area (TPSA) is 105 Å². The van der Waals surface area contributed by atoms with Gasteiger partial charge in [0.25, 0.3) is 8.05 Å². The molecule has 3 N–H and O–H groups in total. The summed E-state index contributed by atoms with van der Waals surface area (Å²) in [7, 11) is 1.49. The van der Waals surface area contributed by atoms with Gasteiger partial charge in [0.05, 0.1) is 24.4 Å². The third kappa shape index (κ3) is 4.25. The molecule has 6 atom stereocenters. The van der Waals surface area contributed by atoms with Crippen molar-refractivity contribution in [2.45, 2.75) is 76.9 Å². The highest BCUT2D eigenvalue weighted by Crippen LogP contribution is 2.37. The number of carbonyl (C=O) groups excluding carboxylic acids is 1. The van der Waals surface area contributed by atoms with Crippen molar-refractivity contribution in [3.8, 4) is 0 Å². The molecule has 8 heteroatoms. The van der Waals surface area contributed by atoms with Crippen LogP contribution in [-0.2, 0) is 19.0 Å². The van der Waals surface area contributed by atoms with E-state index in [0.29, 0.717) is 6.42 Å². The highest BCUT2D eigenvalue weighted by Gasteiger charge is 2.53. The zero-order valence-electron chi connectivity index (χ0n) is 14.5. The van der Waals surface area contributed by atoms with E-state index in [0.717, 1.165) is 0 Å². The summed E-state index contributed by atoms with van der Waals surface area (Å²) in [6.45, 7) is 6.78. The summed E-state index contributed by atoms with van der Waals surface area (Å²) in [5.41, 5.74) is -1.37. The zero-order valence-corrected chi connectivity index (χ0v) is 14.5. The number of hydrogen-bond acceptors (Lipinski definition) is 5. The lowest BCUT2D eigenvalue weighted by Gasteiger charge is -2.49. The van der Waals surface area contributed by atoms with Crippen molar-refractivity contribution in [1.82, 2.24) is 5.32 Å². The molecule has 0 aromatic heterocycles. The van der Waals surface area contributed by atoms with Gasteiger partial charge in [0, 0.05) is 19.3 Å². The molecule has 0 aliphatic carbocycles. The van der Waals surface area contributed by atoms with Crippen LogP contribution in [0, 0.1) is 5.92 Å². The average Bonchev–Trinajstić information content (AvgIpc) is 2.52. The summed E-state index contributed by atoms with van der Waals surface area (Å²) in [4.78, 5) is 23.3. The van der Waals surface area contributed by atoms with Crippen LogP contribution in [0.4, 0.5) is 0 Å². The van der Waals surface area contributed by atoms with Crippen molar-refractivity contribution in [3.63, 3.8) is 0 Å². The van der Waals surface area contributed by atoms with Crippen LogP contribution in [0.2, 0.25) is 0 Å². The van der Waals surface area contributed by atoms with Crippen LogP contribution in [0.5, 0.6) is 0 Å².